The first-order chi connectivity index (χ1) is 12.7. The molecule has 0 saturated heterocycles. The van der Waals surface area contributed by atoms with Crippen LogP contribution in [0.5, 0.6) is 0 Å². The summed E-state index contributed by atoms with van der Waals surface area (Å²) >= 11 is 0. The third-order valence-corrected chi connectivity index (χ3v) is 4.26. The quantitative estimate of drug-likeness (QED) is 0.812. The van der Waals surface area contributed by atoms with Gasteiger partial charge >= 0.3 is 6.03 Å². The van der Waals surface area contributed by atoms with Crippen LogP contribution in [0.3, 0.4) is 0 Å². The molecular formula is C19H22N6O. The van der Waals surface area contributed by atoms with Crippen molar-refractivity contribution in [3.63, 3.8) is 0 Å². The Morgan fingerprint density at radius 1 is 1.42 bits per heavy atom. The molecule has 0 unspecified atom stereocenters. The van der Waals surface area contributed by atoms with E-state index in [1.807, 2.05) is 30.3 Å². The molecule has 1 aromatic carbocycles. The summed E-state index contributed by atoms with van der Waals surface area (Å²) < 4.78 is 0. The molecule has 0 spiro atoms. The van der Waals surface area contributed by atoms with Gasteiger partial charge in [-0.15, -0.1) is 0 Å². The van der Waals surface area contributed by atoms with Gasteiger partial charge in [0.1, 0.15) is 0 Å². The molecule has 0 saturated carbocycles. The number of carbonyl (C=O) groups is 1. The zero-order valence-electron chi connectivity index (χ0n) is 14.8. The lowest BCUT2D eigenvalue weighted by molar-refractivity contribution is 0.193. The normalized spacial score (nSPS) is 14.3. The summed E-state index contributed by atoms with van der Waals surface area (Å²) in [6.45, 7) is 4.97. The number of hydrogen-bond donors (Lipinski definition) is 2. The molecule has 2 heterocycles. The number of nitrogens with one attached hydrogen (secondary N) is 2. The topological polar surface area (TPSA) is 85.7 Å². The Labute approximate surface area is 152 Å². The van der Waals surface area contributed by atoms with E-state index in [-0.39, 0.29) is 6.03 Å². The van der Waals surface area contributed by atoms with Crippen molar-refractivity contribution in [2.24, 2.45) is 9.98 Å². The average molecular weight is 350 g/mol. The van der Waals surface area contributed by atoms with Crippen molar-refractivity contribution in [2.45, 2.75) is 13.0 Å². The number of H-pyrrole nitrogens is 1. The maximum absolute atomic E-state index is 12.6. The standard InChI is InChI=1S/C19H22N6O/c1-20-10-14(11-21-2)12-22-19(26)25-9-8-17-16(13-25)18(24-23-17)15-6-4-3-5-7-15/h3-7,10-11H,1,8-9,12-13H2,2H3,(H,22,26)(H,23,24)/b14-10+,21-11?. The molecule has 1 aliphatic heterocycles. The van der Waals surface area contributed by atoms with E-state index in [9.17, 15) is 4.79 Å². The number of aromatic amines is 1. The summed E-state index contributed by atoms with van der Waals surface area (Å²) in [6.07, 6.45) is 4.01. The molecule has 0 aliphatic carbocycles. The number of carbonyl (C=O) groups excluding carboxylic acids is 1. The first-order valence-corrected chi connectivity index (χ1v) is 8.44. The SMILES string of the molecule is C=N/C=C(\C=NC)CNC(=O)N1CCc2[nH]nc(-c3ccccc3)c2C1. The smallest absolute Gasteiger partial charge is 0.317 e. The van der Waals surface area contributed by atoms with Crippen LogP contribution in [0, 0.1) is 0 Å². The van der Waals surface area contributed by atoms with Gasteiger partial charge in [0.2, 0.25) is 0 Å². The van der Waals surface area contributed by atoms with Crippen LogP contribution in [0.25, 0.3) is 11.3 Å². The van der Waals surface area contributed by atoms with Crippen molar-refractivity contribution in [3.8, 4) is 11.3 Å². The fourth-order valence-corrected chi connectivity index (χ4v) is 3.00. The Kier molecular flexibility index (Phi) is 5.58. The Balaban J connectivity index is 1.70. The highest BCUT2D eigenvalue weighted by Crippen LogP contribution is 2.28. The second-order valence-corrected chi connectivity index (χ2v) is 6.00. The van der Waals surface area contributed by atoms with Crippen LogP contribution in [0.2, 0.25) is 0 Å². The lowest BCUT2D eigenvalue weighted by atomic mass is 10.0. The summed E-state index contributed by atoms with van der Waals surface area (Å²) in [5.41, 5.74) is 4.93. The number of rotatable bonds is 5. The minimum absolute atomic E-state index is 0.115. The van der Waals surface area contributed by atoms with Gasteiger partial charge in [0.25, 0.3) is 0 Å². The third-order valence-electron chi connectivity index (χ3n) is 4.26. The Bertz CT molecular complexity index is 837. The molecule has 0 bridgehead atoms. The zero-order chi connectivity index (χ0) is 18.4. The lowest BCUT2D eigenvalue weighted by Gasteiger charge is -2.27. The molecule has 134 valence electrons. The van der Waals surface area contributed by atoms with E-state index in [2.05, 4.69) is 32.2 Å². The molecule has 2 N–H and O–H groups in total. The summed E-state index contributed by atoms with van der Waals surface area (Å²) in [6, 6.07) is 9.89. The number of hydrogen-bond acceptors (Lipinski definition) is 4. The van der Waals surface area contributed by atoms with Crippen molar-refractivity contribution < 1.29 is 4.79 Å². The van der Waals surface area contributed by atoms with Gasteiger partial charge in [-0.05, 0) is 6.72 Å². The average Bonchev–Trinajstić information content (AvgIpc) is 3.10. The fraction of sp³-hybridized carbons (Fsp3) is 0.263. The van der Waals surface area contributed by atoms with E-state index in [0.717, 1.165) is 34.5 Å². The van der Waals surface area contributed by atoms with Gasteiger partial charge < -0.3 is 10.2 Å². The van der Waals surface area contributed by atoms with Crippen LogP contribution in [-0.4, -0.2) is 54.2 Å². The third kappa shape index (κ3) is 3.88. The van der Waals surface area contributed by atoms with Gasteiger partial charge in [-0.1, -0.05) is 30.3 Å². The highest BCUT2D eigenvalue weighted by Gasteiger charge is 2.25. The Morgan fingerprint density at radius 2 is 2.23 bits per heavy atom. The second-order valence-electron chi connectivity index (χ2n) is 6.00. The molecule has 0 atom stereocenters. The maximum atomic E-state index is 12.6. The molecule has 2 aromatic rings. The molecule has 0 radical (unpaired) electrons. The first-order valence-electron chi connectivity index (χ1n) is 8.44. The molecule has 1 aromatic heterocycles. The largest absolute Gasteiger partial charge is 0.334 e. The Morgan fingerprint density at radius 3 is 2.96 bits per heavy atom. The fourth-order valence-electron chi connectivity index (χ4n) is 3.00. The summed E-state index contributed by atoms with van der Waals surface area (Å²) in [7, 11) is 1.68. The molecular weight excluding hydrogens is 328 g/mol. The highest BCUT2D eigenvalue weighted by molar-refractivity contribution is 5.82. The highest BCUT2D eigenvalue weighted by atomic mass is 16.2. The van der Waals surface area contributed by atoms with E-state index < -0.39 is 0 Å². The zero-order valence-corrected chi connectivity index (χ0v) is 14.8. The van der Waals surface area contributed by atoms with Gasteiger partial charge in [0.15, 0.2) is 0 Å². The molecule has 26 heavy (non-hydrogen) atoms. The van der Waals surface area contributed by atoms with Gasteiger partial charge in [-0.2, -0.15) is 5.10 Å². The van der Waals surface area contributed by atoms with Gasteiger partial charge in [-0.25, -0.2) is 4.79 Å². The number of fused-ring (bicyclic) bond motifs is 1. The molecule has 7 heteroatoms. The van der Waals surface area contributed by atoms with Crippen LogP contribution in [0.4, 0.5) is 4.79 Å². The minimum atomic E-state index is -0.115. The monoisotopic (exact) mass is 350 g/mol. The van der Waals surface area contributed by atoms with E-state index >= 15 is 0 Å². The number of aliphatic imine (C=N–C) groups is 2. The van der Waals surface area contributed by atoms with Crippen molar-refractivity contribution in [2.75, 3.05) is 20.1 Å². The summed E-state index contributed by atoms with van der Waals surface area (Å²) in [5, 5.41) is 10.5. The van der Waals surface area contributed by atoms with Gasteiger partial charge in [0.05, 0.1) is 12.2 Å². The van der Waals surface area contributed by atoms with Crippen molar-refractivity contribution in [1.82, 2.24) is 20.4 Å². The van der Waals surface area contributed by atoms with Crippen molar-refractivity contribution in [1.29, 1.82) is 0 Å². The van der Waals surface area contributed by atoms with E-state index in [4.69, 9.17) is 0 Å². The van der Waals surface area contributed by atoms with E-state index in [1.165, 1.54) is 0 Å². The van der Waals surface area contributed by atoms with E-state index in [1.54, 1.807) is 24.4 Å². The Hall–Kier alpha value is -3.22. The number of nitrogens with zero attached hydrogens (tertiary/aromatic N) is 4. The van der Waals surface area contributed by atoms with Crippen molar-refractivity contribution in [3.05, 3.63) is 53.4 Å². The van der Waals surface area contributed by atoms with Gasteiger partial charge in [-0.3, -0.25) is 15.1 Å². The number of aromatic nitrogens is 2. The van der Waals surface area contributed by atoms with Gasteiger partial charge in [0, 0.05) is 61.4 Å². The maximum Gasteiger partial charge on any atom is 0.317 e. The molecule has 0 fully saturated rings. The number of amides is 2. The second kappa shape index (κ2) is 8.24. The number of benzene rings is 1. The molecule has 2 amide bonds. The molecule has 1 aliphatic rings. The summed E-state index contributed by atoms with van der Waals surface area (Å²) in [5.74, 6) is 0. The van der Waals surface area contributed by atoms with E-state index in [0.29, 0.717) is 19.6 Å². The predicted octanol–water partition coefficient (Wildman–Crippen LogP) is 2.43. The van der Waals surface area contributed by atoms with Crippen LogP contribution >= 0.6 is 0 Å². The van der Waals surface area contributed by atoms with Crippen LogP contribution in [0.15, 0.2) is 52.1 Å². The predicted molar refractivity (Wildman–Crippen MR) is 104 cm³/mol. The van der Waals surface area contributed by atoms with Crippen LogP contribution in [-0.2, 0) is 13.0 Å². The summed E-state index contributed by atoms with van der Waals surface area (Å²) in [4.78, 5) is 22.0. The lowest BCUT2D eigenvalue weighted by Crippen LogP contribution is -2.43. The minimum Gasteiger partial charge on any atom is -0.334 e. The molecule has 3 rings (SSSR count). The van der Waals surface area contributed by atoms with Crippen molar-refractivity contribution >= 4 is 19.0 Å². The van der Waals surface area contributed by atoms with Crippen LogP contribution < -0.4 is 5.32 Å². The molecule has 7 nitrogen and oxygen atoms in total. The first kappa shape index (κ1) is 17.6. The van der Waals surface area contributed by atoms with Crippen LogP contribution in [0.1, 0.15) is 11.3 Å². The number of urea groups is 1.